The van der Waals surface area contributed by atoms with E-state index in [1.165, 1.54) is 0 Å². The molecular weight excluding hydrogens is 276 g/mol. The van der Waals surface area contributed by atoms with Gasteiger partial charge >= 0.3 is 0 Å². The normalized spacial score (nSPS) is 10.4. The molecule has 0 unspecified atom stereocenters. The summed E-state index contributed by atoms with van der Waals surface area (Å²) >= 11 is 0. The summed E-state index contributed by atoms with van der Waals surface area (Å²) in [5.41, 5.74) is 7.09. The van der Waals surface area contributed by atoms with E-state index in [2.05, 4.69) is 5.43 Å². The summed E-state index contributed by atoms with van der Waals surface area (Å²) in [6, 6.07) is 9.18. The van der Waals surface area contributed by atoms with Gasteiger partial charge in [-0.25, -0.2) is 5.84 Å². The van der Waals surface area contributed by atoms with Gasteiger partial charge in [0.15, 0.2) is 5.78 Å². The van der Waals surface area contributed by atoms with E-state index >= 15 is 0 Å². The number of ketones is 1. The SMILES string of the molecule is Cc1cc(C)c(C(=O)c2cccc(C)c2C)c(C(=O)NN)c1. The third kappa shape index (κ3) is 2.78. The number of amides is 1. The highest BCUT2D eigenvalue weighted by molar-refractivity contribution is 6.16. The maximum absolute atomic E-state index is 13.0. The predicted octanol–water partition coefficient (Wildman–Crippen LogP) is 2.75. The molecule has 0 spiro atoms. The van der Waals surface area contributed by atoms with Crippen LogP contribution < -0.4 is 11.3 Å². The van der Waals surface area contributed by atoms with Gasteiger partial charge in [0.05, 0.1) is 5.56 Å². The Bertz CT molecular complexity index is 764. The Morgan fingerprint density at radius 3 is 2.27 bits per heavy atom. The molecular formula is C18H20N2O2. The first-order valence-corrected chi connectivity index (χ1v) is 7.10. The van der Waals surface area contributed by atoms with E-state index in [1.807, 2.05) is 45.9 Å². The number of hydrogen-bond acceptors (Lipinski definition) is 3. The zero-order chi connectivity index (χ0) is 16.4. The lowest BCUT2D eigenvalue weighted by molar-refractivity contribution is 0.0941. The second-order valence-corrected chi connectivity index (χ2v) is 5.55. The molecule has 2 aromatic carbocycles. The van der Waals surface area contributed by atoms with Crippen LogP contribution in [0.1, 0.15) is 48.5 Å². The van der Waals surface area contributed by atoms with Gasteiger partial charge in [-0.2, -0.15) is 0 Å². The van der Waals surface area contributed by atoms with Crippen LogP contribution in [0.5, 0.6) is 0 Å². The summed E-state index contributed by atoms with van der Waals surface area (Å²) in [5, 5.41) is 0. The number of benzene rings is 2. The number of carbonyl (C=O) groups excluding carboxylic acids is 2. The second-order valence-electron chi connectivity index (χ2n) is 5.55. The van der Waals surface area contributed by atoms with Gasteiger partial charge in [-0.1, -0.05) is 29.8 Å². The molecule has 0 aromatic heterocycles. The van der Waals surface area contributed by atoms with Crippen LogP contribution in [0.3, 0.4) is 0 Å². The standard InChI is InChI=1S/C18H20N2O2/c1-10-8-12(3)16(15(9-10)18(22)20-19)17(21)14-7-5-6-11(2)13(14)4/h5-9H,19H2,1-4H3,(H,20,22). The van der Waals surface area contributed by atoms with Gasteiger partial charge in [0.2, 0.25) is 0 Å². The first kappa shape index (κ1) is 15.9. The van der Waals surface area contributed by atoms with Gasteiger partial charge in [0.1, 0.15) is 0 Å². The van der Waals surface area contributed by atoms with Crippen LogP contribution in [0, 0.1) is 27.7 Å². The molecule has 2 aromatic rings. The zero-order valence-corrected chi connectivity index (χ0v) is 13.3. The second kappa shape index (κ2) is 6.12. The van der Waals surface area contributed by atoms with Gasteiger partial charge in [0, 0.05) is 11.1 Å². The molecule has 114 valence electrons. The Morgan fingerprint density at radius 2 is 1.64 bits per heavy atom. The van der Waals surface area contributed by atoms with Crippen molar-refractivity contribution in [2.75, 3.05) is 0 Å². The molecule has 0 radical (unpaired) electrons. The number of aryl methyl sites for hydroxylation is 3. The highest BCUT2D eigenvalue weighted by Gasteiger charge is 2.22. The van der Waals surface area contributed by atoms with E-state index in [0.717, 1.165) is 22.3 Å². The average molecular weight is 296 g/mol. The predicted molar refractivity (Wildman–Crippen MR) is 86.9 cm³/mol. The largest absolute Gasteiger partial charge is 0.290 e. The molecule has 0 atom stereocenters. The van der Waals surface area contributed by atoms with Crippen LogP contribution in [0.4, 0.5) is 0 Å². The Morgan fingerprint density at radius 1 is 0.955 bits per heavy atom. The minimum Gasteiger partial charge on any atom is -0.290 e. The fourth-order valence-electron chi connectivity index (χ4n) is 2.66. The smallest absolute Gasteiger partial charge is 0.265 e. The highest BCUT2D eigenvalue weighted by Crippen LogP contribution is 2.23. The maximum atomic E-state index is 13.0. The van der Waals surface area contributed by atoms with Crippen molar-refractivity contribution in [3.63, 3.8) is 0 Å². The lowest BCUT2D eigenvalue weighted by Gasteiger charge is -2.14. The van der Waals surface area contributed by atoms with Crippen molar-refractivity contribution in [1.29, 1.82) is 0 Å². The van der Waals surface area contributed by atoms with Crippen molar-refractivity contribution in [2.24, 2.45) is 5.84 Å². The molecule has 0 saturated carbocycles. The molecule has 22 heavy (non-hydrogen) atoms. The van der Waals surface area contributed by atoms with Crippen molar-refractivity contribution in [1.82, 2.24) is 5.43 Å². The number of rotatable bonds is 3. The van der Waals surface area contributed by atoms with Crippen LogP contribution in [-0.2, 0) is 0 Å². The molecule has 3 N–H and O–H groups in total. The van der Waals surface area contributed by atoms with Gasteiger partial charge in [-0.3, -0.25) is 15.0 Å². The topological polar surface area (TPSA) is 72.2 Å². The van der Waals surface area contributed by atoms with Crippen molar-refractivity contribution in [3.05, 3.63) is 69.3 Å². The number of carbonyl (C=O) groups is 2. The minimum atomic E-state index is -0.458. The molecule has 4 heteroatoms. The van der Waals surface area contributed by atoms with Crippen LogP contribution in [0.2, 0.25) is 0 Å². The van der Waals surface area contributed by atoms with Gasteiger partial charge in [-0.15, -0.1) is 0 Å². The van der Waals surface area contributed by atoms with E-state index in [0.29, 0.717) is 16.7 Å². The lowest BCUT2D eigenvalue weighted by Crippen LogP contribution is -2.32. The van der Waals surface area contributed by atoms with Crippen LogP contribution >= 0.6 is 0 Å². The Labute approximate surface area is 130 Å². The molecule has 0 aliphatic rings. The molecule has 1 amide bonds. The maximum Gasteiger partial charge on any atom is 0.265 e. The molecule has 0 bridgehead atoms. The average Bonchev–Trinajstić information content (AvgIpc) is 2.47. The zero-order valence-electron chi connectivity index (χ0n) is 13.3. The van der Waals surface area contributed by atoms with Crippen LogP contribution in [0.25, 0.3) is 0 Å². The Hall–Kier alpha value is -2.46. The van der Waals surface area contributed by atoms with Crippen molar-refractivity contribution in [3.8, 4) is 0 Å². The van der Waals surface area contributed by atoms with E-state index < -0.39 is 5.91 Å². The summed E-state index contributed by atoms with van der Waals surface area (Å²) < 4.78 is 0. The van der Waals surface area contributed by atoms with Crippen molar-refractivity contribution < 1.29 is 9.59 Å². The summed E-state index contributed by atoms with van der Waals surface area (Å²) in [6.45, 7) is 7.58. The van der Waals surface area contributed by atoms with Crippen molar-refractivity contribution >= 4 is 11.7 Å². The first-order valence-electron chi connectivity index (χ1n) is 7.10. The molecule has 0 saturated heterocycles. The molecule has 4 nitrogen and oxygen atoms in total. The third-order valence-electron chi connectivity index (χ3n) is 3.93. The summed E-state index contributed by atoms with van der Waals surface area (Å²) in [5.74, 6) is 4.64. The summed E-state index contributed by atoms with van der Waals surface area (Å²) in [7, 11) is 0. The molecule has 0 aliphatic carbocycles. The number of nitrogens with two attached hydrogens (primary N) is 1. The minimum absolute atomic E-state index is 0.155. The quantitative estimate of drug-likeness (QED) is 0.396. The van der Waals surface area contributed by atoms with Gasteiger partial charge in [-0.05, 0) is 50.5 Å². The molecule has 2 rings (SSSR count). The first-order chi connectivity index (χ1) is 10.4. The number of nitrogens with one attached hydrogen (secondary N) is 1. The van der Waals surface area contributed by atoms with Gasteiger partial charge in [0.25, 0.3) is 5.91 Å². The Balaban J connectivity index is 2.68. The monoisotopic (exact) mass is 296 g/mol. The number of hydrazine groups is 1. The molecule has 0 heterocycles. The fraction of sp³-hybridized carbons (Fsp3) is 0.222. The number of nitrogen functional groups attached to an aromatic ring is 1. The summed E-state index contributed by atoms with van der Waals surface area (Å²) in [4.78, 5) is 25.0. The van der Waals surface area contributed by atoms with E-state index in [9.17, 15) is 9.59 Å². The highest BCUT2D eigenvalue weighted by atomic mass is 16.2. The lowest BCUT2D eigenvalue weighted by atomic mass is 9.89. The molecule has 0 aliphatic heterocycles. The van der Waals surface area contributed by atoms with E-state index in [-0.39, 0.29) is 5.78 Å². The van der Waals surface area contributed by atoms with E-state index in [4.69, 9.17) is 5.84 Å². The van der Waals surface area contributed by atoms with E-state index in [1.54, 1.807) is 12.1 Å². The Kier molecular flexibility index (Phi) is 4.43. The van der Waals surface area contributed by atoms with Crippen molar-refractivity contribution in [2.45, 2.75) is 27.7 Å². The summed E-state index contributed by atoms with van der Waals surface area (Å²) in [6.07, 6.45) is 0. The fourth-order valence-corrected chi connectivity index (χ4v) is 2.66. The van der Waals surface area contributed by atoms with Gasteiger partial charge < -0.3 is 0 Å². The van der Waals surface area contributed by atoms with Crippen LogP contribution in [-0.4, -0.2) is 11.7 Å². The number of hydrogen-bond donors (Lipinski definition) is 2. The third-order valence-corrected chi connectivity index (χ3v) is 3.93. The molecule has 0 fully saturated rings. The van der Waals surface area contributed by atoms with Crippen LogP contribution in [0.15, 0.2) is 30.3 Å².